The zero-order valence-corrected chi connectivity index (χ0v) is 14.3. The molecule has 2 aromatic carbocycles. The van der Waals surface area contributed by atoms with E-state index in [0.29, 0.717) is 38.6 Å². The van der Waals surface area contributed by atoms with Gasteiger partial charge in [0.1, 0.15) is 23.3 Å². The fourth-order valence-electron chi connectivity index (χ4n) is 2.62. The minimum absolute atomic E-state index is 0.0890. The maximum atomic E-state index is 12.4. The van der Waals surface area contributed by atoms with E-state index in [0.717, 1.165) is 0 Å². The summed E-state index contributed by atoms with van der Waals surface area (Å²) in [4.78, 5) is 16.8. The number of pyridine rings is 1. The van der Waals surface area contributed by atoms with E-state index in [1.807, 2.05) is 6.07 Å². The molecule has 25 heavy (non-hydrogen) atoms. The Morgan fingerprint density at radius 2 is 2.04 bits per heavy atom. The number of aromatic hydroxyl groups is 1. The average Bonchev–Trinajstić information content (AvgIpc) is 2.60. The largest absolute Gasteiger partial charge is 0.506 e. The van der Waals surface area contributed by atoms with E-state index >= 15 is 0 Å². The molecule has 3 aromatic rings. The SMILES string of the molecule is COc1cc(N(C)c2cc3cc(Cl)cc(O)c3[nH]c2=O)ccc1C#N. The first-order valence-corrected chi connectivity index (χ1v) is 7.70. The molecule has 0 saturated carbocycles. The maximum absolute atomic E-state index is 12.4. The quantitative estimate of drug-likeness (QED) is 0.750. The highest BCUT2D eigenvalue weighted by Gasteiger charge is 2.14. The molecule has 1 heterocycles. The average molecular weight is 356 g/mol. The lowest BCUT2D eigenvalue weighted by Crippen LogP contribution is -2.20. The minimum atomic E-state index is -0.365. The predicted molar refractivity (Wildman–Crippen MR) is 97.0 cm³/mol. The van der Waals surface area contributed by atoms with Crippen molar-refractivity contribution in [2.75, 3.05) is 19.1 Å². The Kier molecular flexibility index (Phi) is 4.26. The van der Waals surface area contributed by atoms with Gasteiger partial charge in [0.25, 0.3) is 5.56 Å². The fourth-order valence-corrected chi connectivity index (χ4v) is 2.84. The van der Waals surface area contributed by atoms with Gasteiger partial charge in [-0.15, -0.1) is 0 Å². The van der Waals surface area contributed by atoms with Crippen molar-refractivity contribution in [2.45, 2.75) is 0 Å². The highest BCUT2D eigenvalue weighted by molar-refractivity contribution is 6.31. The van der Waals surface area contributed by atoms with E-state index in [4.69, 9.17) is 21.6 Å². The van der Waals surface area contributed by atoms with Crippen LogP contribution >= 0.6 is 11.6 Å². The number of aromatic amines is 1. The van der Waals surface area contributed by atoms with Crippen LogP contribution in [-0.4, -0.2) is 24.2 Å². The number of nitrogens with zero attached hydrogens (tertiary/aromatic N) is 2. The maximum Gasteiger partial charge on any atom is 0.272 e. The third-order valence-corrected chi connectivity index (χ3v) is 4.15. The number of nitrogens with one attached hydrogen (secondary N) is 1. The number of halogens is 1. The summed E-state index contributed by atoms with van der Waals surface area (Å²) in [6.07, 6.45) is 0. The number of hydrogen-bond acceptors (Lipinski definition) is 5. The first-order valence-electron chi connectivity index (χ1n) is 7.32. The lowest BCUT2D eigenvalue weighted by Gasteiger charge is -2.20. The number of rotatable bonds is 3. The lowest BCUT2D eigenvalue weighted by molar-refractivity contribution is 0.413. The molecule has 1 aromatic heterocycles. The number of H-pyrrole nitrogens is 1. The van der Waals surface area contributed by atoms with Crippen molar-refractivity contribution in [3.8, 4) is 17.6 Å². The van der Waals surface area contributed by atoms with Gasteiger partial charge in [0, 0.05) is 35.3 Å². The van der Waals surface area contributed by atoms with Gasteiger partial charge in [-0.05, 0) is 24.3 Å². The minimum Gasteiger partial charge on any atom is -0.506 e. The highest BCUT2D eigenvalue weighted by Crippen LogP contribution is 2.31. The second-order valence-corrected chi connectivity index (χ2v) is 5.86. The standard InChI is InChI=1S/C18H14ClN3O3/c1-22(13-4-3-10(9-20)16(8-13)25-2)14-6-11-5-12(19)7-15(23)17(11)21-18(14)24/h3-8,23H,1-2H3,(H,21,24). The number of phenols is 1. The molecule has 0 bridgehead atoms. The van der Waals surface area contributed by atoms with Gasteiger partial charge in [-0.2, -0.15) is 5.26 Å². The van der Waals surface area contributed by atoms with Crippen LogP contribution in [0, 0.1) is 11.3 Å². The molecule has 0 radical (unpaired) electrons. The smallest absolute Gasteiger partial charge is 0.272 e. The molecule has 0 saturated heterocycles. The molecule has 126 valence electrons. The van der Waals surface area contributed by atoms with Crippen molar-refractivity contribution in [3.05, 3.63) is 57.3 Å². The van der Waals surface area contributed by atoms with Crippen molar-refractivity contribution in [1.29, 1.82) is 5.26 Å². The first kappa shape index (κ1) is 16.7. The molecule has 0 unspecified atom stereocenters. The normalized spacial score (nSPS) is 10.5. The van der Waals surface area contributed by atoms with Gasteiger partial charge in [-0.25, -0.2) is 0 Å². The summed E-state index contributed by atoms with van der Waals surface area (Å²) >= 11 is 5.97. The molecular weight excluding hydrogens is 342 g/mol. The van der Waals surface area contributed by atoms with Crippen molar-refractivity contribution in [3.63, 3.8) is 0 Å². The number of fused-ring (bicyclic) bond motifs is 1. The van der Waals surface area contributed by atoms with Gasteiger partial charge in [0.2, 0.25) is 0 Å². The number of aromatic nitrogens is 1. The summed E-state index contributed by atoms with van der Waals surface area (Å²) in [6, 6.07) is 11.7. The summed E-state index contributed by atoms with van der Waals surface area (Å²) in [5, 5.41) is 20.0. The molecule has 3 rings (SSSR count). The van der Waals surface area contributed by atoms with Crippen molar-refractivity contribution in [1.82, 2.24) is 4.98 Å². The van der Waals surface area contributed by atoms with E-state index in [9.17, 15) is 9.90 Å². The Bertz CT molecular complexity index is 1070. The van der Waals surface area contributed by atoms with Crippen LogP contribution in [0.25, 0.3) is 10.9 Å². The van der Waals surface area contributed by atoms with Gasteiger partial charge in [-0.1, -0.05) is 11.6 Å². The summed E-state index contributed by atoms with van der Waals surface area (Å²) < 4.78 is 5.21. The molecule has 0 fully saturated rings. The topological polar surface area (TPSA) is 89.3 Å². The third-order valence-electron chi connectivity index (χ3n) is 3.93. The van der Waals surface area contributed by atoms with Gasteiger partial charge >= 0.3 is 0 Å². The lowest BCUT2D eigenvalue weighted by atomic mass is 10.1. The molecule has 0 spiro atoms. The van der Waals surface area contributed by atoms with E-state index in [-0.39, 0.29) is 11.3 Å². The Morgan fingerprint density at radius 3 is 2.72 bits per heavy atom. The number of ether oxygens (including phenoxy) is 1. The van der Waals surface area contributed by atoms with Crippen LogP contribution in [0.3, 0.4) is 0 Å². The van der Waals surface area contributed by atoms with Crippen LogP contribution < -0.4 is 15.2 Å². The molecular formula is C18H14ClN3O3. The Hall–Kier alpha value is -3.17. The van der Waals surface area contributed by atoms with E-state index in [2.05, 4.69) is 4.98 Å². The van der Waals surface area contributed by atoms with Crippen molar-refractivity contribution >= 4 is 33.9 Å². The molecule has 0 aliphatic carbocycles. The van der Waals surface area contributed by atoms with Crippen LogP contribution in [-0.2, 0) is 0 Å². The summed E-state index contributed by atoms with van der Waals surface area (Å²) in [5.74, 6) is 0.332. The van der Waals surface area contributed by atoms with Crippen LogP contribution in [0.5, 0.6) is 11.5 Å². The second kappa shape index (κ2) is 6.38. The third kappa shape index (κ3) is 2.97. The van der Waals surface area contributed by atoms with Crippen LogP contribution in [0.2, 0.25) is 5.02 Å². The Balaban J connectivity index is 2.14. The molecule has 0 aliphatic rings. The van der Waals surface area contributed by atoms with Gasteiger partial charge in [0.15, 0.2) is 0 Å². The van der Waals surface area contributed by atoms with Gasteiger partial charge in [-0.3, -0.25) is 4.79 Å². The number of hydrogen-bond donors (Lipinski definition) is 2. The number of benzene rings is 2. The van der Waals surface area contributed by atoms with Crippen LogP contribution in [0.15, 0.2) is 41.2 Å². The zero-order valence-electron chi connectivity index (χ0n) is 13.5. The van der Waals surface area contributed by atoms with Crippen molar-refractivity contribution < 1.29 is 9.84 Å². The van der Waals surface area contributed by atoms with E-state index < -0.39 is 0 Å². The Labute approximate surface area is 148 Å². The first-order chi connectivity index (χ1) is 11.9. The van der Waals surface area contributed by atoms with Crippen LogP contribution in [0.1, 0.15) is 5.56 Å². The fraction of sp³-hybridized carbons (Fsp3) is 0.111. The van der Waals surface area contributed by atoms with Gasteiger partial charge < -0.3 is 19.7 Å². The summed E-state index contributed by atoms with van der Waals surface area (Å²) in [6.45, 7) is 0. The van der Waals surface area contributed by atoms with Crippen molar-refractivity contribution in [2.24, 2.45) is 0 Å². The predicted octanol–water partition coefficient (Wildman–Crippen LogP) is 3.54. The molecule has 0 amide bonds. The zero-order chi connectivity index (χ0) is 18.1. The second-order valence-electron chi connectivity index (χ2n) is 5.43. The van der Waals surface area contributed by atoms with E-state index in [1.165, 1.54) is 13.2 Å². The van der Waals surface area contributed by atoms with E-state index in [1.54, 1.807) is 42.3 Å². The summed E-state index contributed by atoms with van der Waals surface area (Å²) in [7, 11) is 3.20. The number of anilines is 2. The summed E-state index contributed by atoms with van der Waals surface area (Å²) in [5.41, 5.74) is 1.40. The number of methoxy groups -OCH3 is 1. The molecule has 6 nitrogen and oxygen atoms in total. The Morgan fingerprint density at radius 1 is 1.28 bits per heavy atom. The van der Waals surface area contributed by atoms with Gasteiger partial charge in [0.05, 0.1) is 18.2 Å². The monoisotopic (exact) mass is 355 g/mol. The number of nitriles is 1. The molecule has 0 atom stereocenters. The molecule has 2 N–H and O–H groups in total. The number of phenolic OH excluding ortho intramolecular Hbond substituents is 1. The molecule has 0 aliphatic heterocycles. The van der Waals surface area contributed by atoms with Crippen LogP contribution in [0.4, 0.5) is 11.4 Å². The highest BCUT2D eigenvalue weighted by atomic mass is 35.5. The molecule has 7 heteroatoms.